The molecule has 2 bridgehead atoms. The van der Waals surface area contributed by atoms with Gasteiger partial charge < -0.3 is 15.5 Å². The molecular weight excluding hydrogens is 374 g/mol. The largest absolute Gasteiger partial charge is 0.331 e. The number of amides is 2. The van der Waals surface area contributed by atoms with Gasteiger partial charge in [-0.1, -0.05) is 12.2 Å². The van der Waals surface area contributed by atoms with Crippen LogP contribution in [0.3, 0.4) is 0 Å². The minimum absolute atomic E-state index is 0. The van der Waals surface area contributed by atoms with Crippen LogP contribution in [0.4, 0.5) is 5.69 Å². The van der Waals surface area contributed by atoms with Crippen molar-refractivity contribution in [3.05, 3.63) is 55.1 Å². The lowest BCUT2D eigenvalue weighted by Gasteiger charge is -2.28. The Labute approximate surface area is 173 Å². The highest BCUT2D eigenvalue weighted by Gasteiger charge is 2.34. The Kier molecular flexibility index (Phi) is 8.27. The Bertz CT molecular complexity index is 682. The Morgan fingerprint density at radius 2 is 1.64 bits per heavy atom. The lowest BCUT2D eigenvalue weighted by atomic mass is 9.89. The molecule has 0 radical (unpaired) electrons. The second-order valence-corrected chi connectivity index (χ2v) is 7.59. The first kappa shape index (κ1) is 22.2. The van der Waals surface area contributed by atoms with Gasteiger partial charge in [0.2, 0.25) is 5.91 Å². The standard InChI is InChI=1S/C22H29N3O2.ClH/c1-3-11-25(12-4-2)22(27)17-5-7-18(8-6-17)24-21(26)15-16-13-19-9-10-20(14-16)23-19;/h3-8,16,19-20,23H,1-2,9-15H2,(H,24,26);1H. The van der Waals surface area contributed by atoms with E-state index in [1.807, 2.05) is 0 Å². The number of halogens is 1. The molecule has 152 valence electrons. The third-order valence-corrected chi connectivity index (χ3v) is 5.45. The van der Waals surface area contributed by atoms with E-state index in [2.05, 4.69) is 23.8 Å². The molecule has 5 nitrogen and oxygen atoms in total. The molecule has 2 N–H and O–H groups in total. The number of fused-ring (bicyclic) bond motifs is 2. The number of benzene rings is 1. The van der Waals surface area contributed by atoms with Crippen LogP contribution in [0.1, 0.15) is 42.5 Å². The van der Waals surface area contributed by atoms with Crippen molar-refractivity contribution in [1.82, 2.24) is 10.2 Å². The van der Waals surface area contributed by atoms with E-state index >= 15 is 0 Å². The molecule has 0 spiro atoms. The topological polar surface area (TPSA) is 61.4 Å². The smallest absolute Gasteiger partial charge is 0.254 e. The minimum Gasteiger partial charge on any atom is -0.331 e. The lowest BCUT2D eigenvalue weighted by Crippen LogP contribution is -2.39. The highest BCUT2D eigenvalue weighted by Crippen LogP contribution is 2.32. The highest BCUT2D eigenvalue weighted by atomic mass is 35.5. The number of anilines is 1. The fourth-order valence-electron chi connectivity index (χ4n) is 4.25. The summed E-state index contributed by atoms with van der Waals surface area (Å²) in [6.45, 7) is 8.32. The average molecular weight is 404 g/mol. The first-order valence-corrected chi connectivity index (χ1v) is 9.76. The molecule has 3 rings (SSSR count). The normalized spacial score (nSPS) is 22.6. The number of nitrogens with one attached hydrogen (secondary N) is 2. The van der Waals surface area contributed by atoms with Crippen molar-refractivity contribution in [3.8, 4) is 0 Å². The van der Waals surface area contributed by atoms with E-state index in [0.717, 1.165) is 18.5 Å². The van der Waals surface area contributed by atoms with Crippen molar-refractivity contribution in [1.29, 1.82) is 0 Å². The van der Waals surface area contributed by atoms with E-state index in [4.69, 9.17) is 0 Å². The first-order valence-electron chi connectivity index (χ1n) is 9.76. The number of hydrogen-bond acceptors (Lipinski definition) is 3. The van der Waals surface area contributed by atoms with Gasteiger partial charge in [-0.15, -0.1) is 25.6 Å². The molecule has 2 unspecified atom stereocenters. The van der Waals surface area contributed by atoms with Gasteiger partial charge in [0.15, 0.2) is 0 Å². The maximum Gasteiger partial charge on any atom is 0.254 e. The summed E-state index contributed by atoms with van der Waals surface area (Å²) in [6, 6.07) is 8.28. The molecule has 1 aromatic rings. The van der Waals surface area contributed by atoms with Gasteiger partial charge in [-0.05, 0) is 55.9 Å². The summed E-state index contributed by atoms with van der Waals surface area (Å²) in [5.74, 6) is 0.453. The fourth-order valence-corrected chi connectivity index (χ4v) is 4.25. The predicted molar refractivity (Wildman–Crippen MR) is 116 cm³/mol. The molecule has 6 heteroatoms. The third-order valence-electron chi connectivity index (χ3n) is 5.45. The molecule has 2 fully saturated rings. The number of piperidine rings is 1. The van der Waals surface area contributed by atoms with Crippen LogP contribution < -0.4 is 10.6 Å². The number of carbonyl (C=O) groups is 2. The maximum absolute atomic E-state index is 12.5. The van der Waals surface area contributed by atoms with Gasteiger partial charge in [-0.25, -0.2) is 0 Å². The zero-order valence-electron chi connectivity index (χ0n) is 16.2. The molecule has 0 saturated carbocycles. The van der Waals surface area contributed by atoms with Crippen molar-refractivity contribution in [2.75, 3.05) is 18.4 Å². The van der Waals surface area contributed by atoms with E-state index < -0.39 is 0 Å². The van der Waals surface area contributed by atoms with E-state index in [-0.39, 0.29) is 24.2 Å². The van der Waals surface area contributed by atoms with E-state index in [1.165, 1.54) is 12.8 Å². The molecule has 0 aromatic heterocycles. The van der Waals surface area contributed by atoms with Crippen LogP contribution in [0, 0.1) is 5.92 Å². The van der Waals surface area contributed by atoms with Crippen molar-refractivity contribution in [2.45, 2.75) is 44.2 Å². The fraction of sp³-hybridized carbons (Fsp3) is 0.455. The molecule has 2 heterocycles. The second kappa shape index (κ2) is 10.4. The van der Waals surface area contributed by atoms with Crippen LogP contribution >= 0.6 is 12.4 Å². The minimum atomic E-state index is -0.0714. The van der Waals surface area contributed by atoms with Gasteiger partial charge in [0, 0.05) is 42.8 Å². The zero-order valence-corrected chi connectivity index (χ0v) is 17.0. The van der Waals surface area contributed by atoms with Gasteiger partial charge in [-0.2, -0.15) is 0 Å². The van der Waals surface area contributed by atoms with Crippen molar-refractivity contribution < 1.29 is 9.59 Å². The molecule has 28 heavy (non-hydrogen) atoms. The van der Waals surface area contributed by atoms with Crippen LogP contribution in [0.25, 0.3) is 0 Å². The Balaban J connectivity index is 0.00000280. The van der Waals surface area contributed by atoms with E-state index in [1.54, 1.807) is 41.3 Å². The second-order valence-electron chi connectivity index (χ2n) is 7.59. The van der Waals surface area contributed by atoms with Crippen molar-refractivity contribution in [2.24, 2.45) is 5.92 Å². The molecule has 0 aliphatic carbocycles. The third kappa shape index (κ3) is 5.69. The van der Waals surface area contributed by atoms with E-state index in [0.29, 0.717) is 43.1 Å². The SMILES string of the molecule is C=CCN(CC=C)C(=O)c1ccc(NC(=O)CC2CC3CCC(C2)N3)cc1.Cl. The van der Waals surface area contributed by atoms with Crippen molar-refractivity contribution >= 4 is 29.9 Å². The summed E-state index contributed by atoms with van der Waals surface area (Å²) in [5.41, 5.74) is 1.32. The maximum atomic E-state index is 12.5. The number of carbonyl (C=O) groups excluding carboxylic acids is 2. The van der Waals surface area contributed by atoms with Crippen LogP contribution in [-0.4, -0.2) is 41.9 Å². The molecule has 2 atom stereocenters. The number of nitrogens with zero attached hydrogens (tertiary/aromatic N) is 1. The van der Waals surface area contributed by atoms with Gasteiger partial charge in [0.1, 0.15) is 0 Å². The van der Waals surface area contributed by atoms with Crippen LogP contribution in [-0.2, 0) is 4.79 Å². The zero-order chi connectivity index (χ0) is 19.2. The molecular formula is C22H30ClN3O2. The molecule has 2 aliphatic heterocycles. The van der Waals surface area contributed by atoms with Crippen LogP contribution in [0.15, 0.2) is 49.6 Å². The number of rotatable bonds is 8. The summed E-state index contributed by atoms with van der Waals surface area (Å²) < 4.78 is 0. The highest BCUT2D eigenvalue weighted by molar-refractivity contribution is 5.96. The van der Waals surface area contributed by atoms with Crippen LogP contribution in [0.5, 0.6) is 0 Å². The summed E-state index contributed by atoms with van der Waals surface area (Å²) in [6.07, 6.45) is 8.65. The Morgan fingerprint density at radius 3 is 2.18 bits per heavy atom. The Hall–Kier alpha value is -2.11. The summed E-state index contributed by atoms with van der Waals surface area (Å²) in [5, 5.41) is 6.58. The van der Waals surface area contributed by atoms with Gasteiger partial charge in [0.25, 0.3) is 5.91 Å². The van der Waals surface area contributed by atoms with Gasteiger partial charge in [0.05, 0.1) is 0 Å². The van der Waals surface area contributed by atoms with E-state index in [9.17, 15) is 9.59 Å². The molecule has 2 amide bonds. The molecule has 1 aromatic carbocycles. The molecule has 2 aliphatic rings. The van der Waals surface area contributed by atoms with Gasteiger partial charge >= 0.3 is 0 Å². The first-order chi connectivity index (χ1) is 13.1. The van der Waals surface area contributed by atoms with Crippen molar-refractivity contribution in [3.63, 3.8) is 0 Å². The van der Waals surface area contributed by atoms with Gasteiger partial charge in [-0.3, -0.25) is 9.59 Å². The van der Waals surface area contributed by atoms with Crippen LogP contribution in [0.2, 0.25) is 0 Å². The number of hydrogen-bond donors (Lipinski definition) is 2. The summed E-state index contributed by atoms with van der Waals surface area (Å²) >= 11 is 0. The molecule has 2 saturated heterocycles. The quantitative estimate of drug-likeness (QED) is 0.649. The monoisotopic (exact) mass is 403 g/mol. The lowest BCUT2D eigenvalue weighted by molar-refractivity contribution is -0.117. The predicted octanol–water partition coefficient (Wildman–Crippen LogP) is 3.78. The summed E-state index contributed by atoms with van der Waals surface area (Å²) in [7, 11) is 0. The Morgan fingerprint density at radius 1 is 1.07 bits per heavy atom. The summed E-state index contributed by atoms with van der Waals surface area (Å²) in [4.78, 5) is 26.6. The average Bonchev–Trinajstić information content (AvgIpc) is 3.00.